The maximum absolute atomic E-state index is 5.89. The number of nitrogens with two attached hydrogens (primary N) is 1. The quantitative estimate of drug-likeness (QED) is 0.876. The summed E-state index contributed by atoms with van der Waals surface area (Å²) >= 11 is 0. The molecule has 2 rings (SSSR count). The van der Waals surface area contributed by atoms with Gasteiger partial charge >= 0.3 is 0 Å². The fraction of sp³-hybridized carbons (Fsp3) is 0.357. The van der Waals surface area contributed by atoms with Crippen LogP contribution in [0.3, 0.4) is 0 Å². The van der Waals surface area contributed by atoms with Crippen molar-refractivity contribution in [2.24, 2.45) is 5.73 Å². The van der Waals surface area contributed by atoms with E-state index in [4.69, 9.17) is 5.73 Å². The Balaban J connectivity index is 2.28. The van der Waals surface area contributed by atoms with Crippen LogP contribution >= 0.6 is 0 Å². The summed E-state index contributed by atoms with van der Waals surface area (Å²) in [6.07, 6.45) is 5.10. The molecule has 0 spiro atoms. The van der Waals surface area contributed by atoms with Gasteiger partial charge in [-0.3, -0.25) is 4.68 Å². The molecule has 0 aliphatic rings. The lowest BCUT2D eigenvalue weighted by Gasteiger charge is -2.06. The molecule has 90 valence electrons. The summed E-state index contributed by atoms with van der Waals surface area (Å²) in [5.41, 5.74) is 9.39. The van der Waals surface area contributed by atoms with E-state index in [-0.39, 0.29) is 6.04 Å². The molecule has 0 aliphatic carbocycles. The molecule has 0 saturated heterocycles. The van der Waals surface area contributed by atoms with Crippen molar-refractivity contribution in [3.05, 3.63) is 42.2 Å². The second-order valence-electron chi connectivity index (χ2n) is 4.41. The van der Waals surface area contributed by atoms with Crippen molar-refractivity contribution in [3.8, 4) is 11.1 Å². The number of hydrogen-bond acceptors (Lipinski definition) is 2. The average molecular weight is 229 g/mol. The first-order valence-electron chi connectivity index (χ1n) is 6.09. The van der Waals surface area contributed by atoms with Crippen molar-refractivity contribution in [3.63, 3.8) is 0 Å². The minimum absolute atomic E-state index is 0.0700. The fourth-order valence-corrected chi connectivity index (χ4v) is 1.87. The molecule has 3 nitrogen and oxygen atoms in total. The molecule has 0 bridgehead atoms. The van der Waals surface area contributed by atoms with Gasteiger partial charge in [0.2, 0.25) is 0 Å². The summed E-state index contributed by atoms with van der Waals surface area (Å²) in [5.74, 6) is 0. The summed E-state index contributed by atoms with van der Waals surface area (Å²) in [4.78, 5) is 0. The van der Waals surface area contributed by atoms with E-state index in [0.717, 1.165) is 24.1 Å². The summed E-state index contributed by atoms with van der Waals surface area (Å²) in [6, 6.07) is 8.41. The van der Waals surface area contributed by atoms with Gasteiger partial charge < -0.3 is 5.73 Å². The molecule has 0 saturated carbocycles. The van der Waals surface area contributed by atoms with Gasteiger partial charge in [0.05, 0.1) is 6.20 Å². The molecule has 0 radical (unpaired) electrons. The Hall–Kier alpha value is -1.61. The monoisotopic (exact) mass is 229 g/mol. The van der Waals surface area contributed by atoms with Crippen molar-refractivity contribution in [1.29, 1.82) is 0 Å². The summed E-state index contributed by atoms with van der Waals surface area (Å²) in [7, 11) is 0. The Kier molecular flexibility index (Phi) is 3.59. The second-order valence-corrected chi connectivity index (χ2v) is 4.41. The number of rotatable bonds is 4. The zero-order chi connectivity index (χ0) is 12.3. The number of aromatic nitrogens is 2. The van der Waals surface area contributed by atoms with Gasteiger partial charge in [-0.15, -0.1) is 0 Å². The fourth-order valence-electron chi connectivity index (χ4n) is 1.87. The van der Waals surface area contributed by atoms with Crippen LogP contribution in [-0.4, -0.2) is 9.78 Å². The van der Waals surface area contributed by atoms with Crippen molar-refractivity contribution in [1.82, 2.24) is 9.78 Å². The Labute approximate surface area is 102 Å². The number of hydrogen-bond donors (Lipinski definition) is 1. The predicted molar refractivity (Wildman–Crippen MR) is 70.6 cm³/mol. The molecule has 17 heavy (non-hydrogen) atoms. The molecule has 1 atom stereocenters. The first kappa shape index (κ1) is 11.9. The van der Waals surface area contributed by atoms with Crippen LogP contribution in [0.1, 0.15) is 31.9 Å². The van der Waals surface area contributed by atoms with Crippen LogP contribution in [0.5, 0.6) is 0 Å². The highest BCUT2D eigenvalue weighted by Crippen LogP contribution is 2.22. The van der Waals surface area contributed by atoms with E-state index in [1.165, 1.54) is 5.56 Å². The van der Waals surface area contributed by atoms with Crippen LogP contribution < -0.4 is 5.73 Å². The topological polar surface area (TPSA) is 43.8 Å². The van der Waals surface area contributed by atoms with Gasteiger partial charge in [0, 0.05) is 24.3 Å². The van der Waals surface area contributed by atoms with Crippen molar-refractivity contribution < 1.29 is 0 Å². The molecule has 2 N–H and O–H groups in total. The van der Waals surface area contributed by atoms with E-state index in [0.29, 0.717) is 0 Å². The van der Waals surface area contributed by atoms with Crippen molar-refractivity contribution in [2.45, 2.75) is 32.9 Å². The Morgan fingerprint density at radius 3 is 2.88 bits per heavy atom. The van der Waals surface area contributed by atoms with Crippen LogP contribution in [0, 0.1) is 0 Å². The first-order chi connectivity index (χ1) is 8.20. The highest BCUT2D eigenvalue weighted by molar-refractivity contribution is 5.62. The molecule has 1 aromatic heterocycles. The predicted octanol–water partition coefficient (Wildman–Crippen LogP) is 2.98. The van der Waals surface area contributed by atoms with Gasteiger partial charge in [0.25, 0.3) is 0 Å². The molecular weight excluding hydrogens is 210 g/mol. The van der Waals surface area contributed by atoms with E-state index in [2.05, 4.69) is 36.4 Å². The van der Waals surface area contributed by atoms with Crippen LogP contribution in [0.4, 0.5) is 0 Å². The molecule has 0 aliphatic heterocycles. The zero-order valence-electron chi connectivity index (χ0n) is 10.4. The second kappa shape index (κ2) is 5.15. The van der Waals surface area contributed by atoms with Gasteiger partial charge in [-0.05, 0) is 30.5 Å². The van der Waals surface area contributed by atoms with Gasteiger partial charge in [-0.2, -0.15) is 5.10 Å². The maximum atomic E-state index is 5.89. The summed E-state index contributed by atoms with van der Waals surface area (Å²) in [5, 5.41) is 4.34. The number of aryl methyl sites for hydroxylation is 1. The number of nitrogens with zero attached hydrogens (tertiary/aromatic N) is 2. The maximum Gasteiger partial charge on any atom is 0.0568 e. The third-order valence-corrected chi connectivity index (χ3v) is 2.83. The smallest absolute Gasteiger partial charge is 0.0568 e. The molecule has 3 heteroatoms. The highest BCUT2D eigenvalue weighted by atomic mass is 15.3. The minimum Gasteiger partial charge on any atom is -0.324 e. The molecule has 2 aromatic rings. The average Bonchev–Trinajstić information content (AvgIpc) is 2.78. The molecule has 1 aromatic carbocycles. The van der Waals surface area contributed by atoms with E-state index in [1.54, 1.807) is 0 Å². The van der Waals surface area contributed by atoms with Gasteiger partial charge in [0.15, 0.2) is 0 Å². The van der Waals surface area contributed by atoms with E-state index >= 15 is 0 Å². The third-order valence-electron chi connectivity index (χ3n) is 2.83. The Morgan fingerprint density at radius 1 is 1.35 bits per heavy atom. The lowest BCUT2D eigenvalue weighted by Crippen LogP contribution is -2.04. The lowest BCUT2D eigenvalue weighted by atomic mass is 10.0. The standard InChI is InChI=1S/C14H19N3/c1-3-7-17-10-14(9-16-17)13-6-4-5-12(8-13)11(2)15/h4-6,8-11H,3,7,15H2,1-2H3. The SMILES string of the molecule is CCCn1cc(-c2cccc(C(C)N)c2)cn1. The molecule has 1 heterocycles. The van der Waals surface area contributed by atoms with Crippen molar-refractivity contribution >= 4 is 0 Å². The Morgan fingerprint density at radius 2 is 2.18 bits per heavy atom. The highest BCUT2D eigenvalue weighted by Gasteiger charge is 2.04. The van der Waals surface area contributed by atoms with Crippen LogP contribution in [0.2, 0.25) is 0 Å². The third kappa shape index (κ3) is 2.74. The molecular formula is C14H19N3. The van der Waals surface area contributed by atoms with Crippen LogP contribution in [0.25, 0.3) is 11.1 Å². The van der Waals surface area contributed by atoms with E-state index in [1.807, 2.05) is 23.9 Å². The van der Waals surface area contributed by atoms with Crippen molar-refractivity contribution in [2.75, 3.05) is 0 Å². The molecule has 1 unspecified atom stereocenters. The summed E-state index contributed by atoms with van der Waals surface area (Å²) < 4.78 is 1.98. The van der Waals surface area contributed by atoms with Gasteiger partial charge in [-0.1, -0.05) is 25.1 Å². The molecule has 0 amide bonds. The molecule has 0 fully saturated rings. The van der Waals surface area contributed by atoms with Crippen LogP contribution in [-0.2, 0) is 6.54 Å². The zero-order valence-corrected chi connectivity index (χ0v) is 10.4. The minimum atomic E-state index is 0.0700. The lowest BCUT2D eigenvalue weighted by molar-refractivity contribution is 0.603. The van der Waals surface area contributed by atoms with E-state index in [9.17, 15) is 0 Å². The van der Waals surface area contributed by atoms with Gasteiger partial charge in [0.1, 0.15) is 0 Å². The largest absolute Gasteiger partial charge is 0.324 e. The van der Waals surface area contributed by atoms with Crippen LogP contribution in [0.15, 0.2) is 36.7 Å². The van der Waals surface area contributed by atoms with E-state index < -0.39 is 0 Å². The Bertz CT molecular complexity index is 486. The number of benzene rings is 1. The first-order valence-corrected chi connectivity index (χ1v) is 6.09. The summed E-state index contributed by atoms with van der Waals surface area (Å²) in [6.45, 7) is 5.12. The normalized spacial score (nSPS) is 12.6. The van der Waals surface area contributed by atoms with Gasteiger partial charge in [-0.25, -0.2) is 0 Å².